The summed E-state index contributed by atoms with van der Waals surface area (Å²) in [7, 11) is 2.05. The molecule has 0 spiro atoms. The number of hydrogen-bond donors (Lipinski definition) is 1. The number of rotatable bonds is 3. The van der Waals surface area contributed by atoms with Crippen LogP contribution in [0.25, 0.3) is 11.0 Å². The van der Waals surface area contributed by atoms with E-state index in [1.54, 1.807) is 0 Å². The van der Waals surface area contributed by atoms with Crippen molar-refractivity contribution in [2.24, 2.45) is 0 Å². The summed E-state index contributed by atoms with van der Waals surface area (Å²) in [4.78, 5) is 15.8. The van der Waals surface area contributed by atoms with Gasteiger partial charge < -0.3 is 14.4 Å². The van der Waals surface area contributed by atoms with Crippen molar-refractivity contribution in [1.29, 1.82) is 0 Å². The number of likely N-dealkylation sites (N-methyl/N-ethyl adjacent to an activating group) is 1. The number of furan rings is 1. The van der Waals surface area contributed by atoms with Crippen LogP contribution in [0.5, 0.6) is 0 Å². The number of fused-ring (bicyclic) bond motifs is 1. The van der Waals surface area contributed by atoms with E-state index in [-0.39, 0.29) is 0 Å². The van der Waals surface area contributed by atoms with E-state index in [4.69, 9.17) is 4.42 Å². The Balaban J connectivity index is 1.92. The highest BCUT2D eigenvalue weighted by molar-refractivity contribution is 5.81. The maximum absolute atomic E-state index is 11.6. The summed E-state index contributed by atoms with van der Waals surface area (Å²) < 4.78 is 5.74. The molecular weight excluding hydrogens is 256 g/mol. The third kappa shape index (κ3) is 2.42. The van der Waals surface area contributed by atoms with Gasteiger partial charge >= 0.3 is 5.97 Å². The van der Waals surface area contributed by atoms with Crippen LogP contribution in [-0.2, 0) is 4.79 Å². The van der Waals surface area contributed by atoms with Crippen LogP contribution in [0.1, 0.15) is 11.8 Å². The number of para-hydroxylation sites is 1. The predicted molar refractivity (Wildman–Crippen MR) is 75.7 cm³/mol. The average Bonchev–Trinajstić information content (AvgIpc) is 2.84. The normalized spacial score (nSPS) is 19.2. The summed E-state index contributed by atoms with van der Waals surface area (Å²) in [6, 6.07) is 8.75. The molecule has 1 aromatic heterocycles. The molecule has 5 heteroatoms. The van der Waals surface area contributed by atoms with Gasteiger partial charge in [-0.15, -0.1) is 0 Å². The van der Waals surface area contributed by atoms with Gasteiger partial charge in [0.1, 0.15) is 11.3 Å². The molecule has 1 aromatic carbocycles. The highest BCUT2D eigenvalue weighted by atomic mass is 16.4. The van der Waals surface area contributed by atoms with Gasteiger partial charge in [-0.05, 0) is 19.2 Å². The number of benzene rings is 1. The molecular formula is C15H18N2O3. The SMILES string of the molecule is CN1CCN(C(C(=O)O)c2cc3ccccc3o2)CC1. The smallest absolute Gasteiger partial charge is 0.328 e. The minimum absolute atomic E-state index is 0.517. The van der Waals surface area contributed by atoms with Crippen molar-refractivity contribution in [3.63, 3.8) is 0 Å². The molecule has 1 N–H and O–H groups in total. The van der Waals surface area contributed by atoms with Gasteiger partial charge in [0, 0.05) is 31.6 Å². The van der Waals surface area contributed by atoms with E-state index in [1.165, 1.54) is 0 Å². The van der Waals surface area contributed by atoms with Crippen molar-refractivity contribution in [2.75, 3.05) is 33.2 Å². The van der Waals surface area contributed by atoms with Gasteiger partial charge in [-0.25, -0.2) is 0 Å². The lowest BCUT2D eigenvalue weighted by atomic mass is 10.1. The number of nitrogens with zero attached hydrogens (tertiary/aromatic N) is 2. The molecule has 3 rings (SSSR count). The molecule has 1 fully saturated rings. The van der Waals surface area contributed by atoms with Crippen molar-refractivity contribution in [3.8, 4) is 0 Å². The average molecular weight is 274 g/mol. The fourth-order valence-electron chi connectivity index (χ4n) is 2.68. The Morgan fingerprint density at radius 2 is 1.95 bits per heavy atom. The summed E-state index contributed by atoms with van der Waals surface area (Å²) in [6.45, 7) is 3.24. The standard InChI is InChI=1S/C15H18N2O3/c1-16-6-8-17(9-7-16)14(15(18)19)13-10-11-4-2-3-5-12(11)20-13/h2-5,10,14H,6-9H2,1H3,(H,18,19). The summed E-state index contributed by atoms with van der Waals surface area (Å²) in [5.41, 5.74) is 0.739. The van der Waals surface area contributed by atoms with Gasteiger partial charge in [0.25, 0.3) is 0 Å². The van der Waals surface area contributed by atoms with E-state index in [2.05, 4.69) is 4.90 Å². The van der Waals surface area contributed by atoms with Crippen LogP contribution in [0, 0.1) is 0 Å². The van der Waals surface area contributed by atoms with Crippen molar-refractivity contribution >= 4 is 16.9 Å². The quantitative estimate of drug-likeness (QED) is 0.925. The lowest BCUT2D eigenvalue weighted by Crippen LogP contribution is -2.47. The number of carbonyl (C=O) groups is 1. The van der Waals surface area contributed by atoms with Crippen LogP contribution in [0.4, 0.5) is 0 Å². The predicted octanol–water partition coefficient (Wildman–Crippen LogP) is 1.81. The van der Waals surface area contributed by atoms with Gasteiger partial charge in [-0.2, -0.15) is 0 Å². The Kier molecular flexibility index (Phi) is 3.46. The summed E-state index contributed by atoms with van der Waals surface area (Å²) in [5.74, 6) is -0.336. The molecule has 1 aliphatic heterocycles. The second kappa shape index (κ2) is 5.26. The van der Waals surface area contributed by atoms with Crippen molar-refractivity contribution in [3.05, 3.63) is 36.1 Å². The van der Waals surface area contributed by atoms with Crippen molar-refractivity contribution in [1.82, 2.24) is 9.80 Å². The Hall–Kier alpha value is -1.85. The third-order valence-electron chi connectivity index (χ3n) is 3.85. The van der Waals surface area contributed by atoms with E-state index in [9.17, 15) is 9.90 Å². The molecule has 0 amide bonds. The molecule has 1 atom stereocenters. The first-order chi connectivity index (χ1) is 9.65. The molecule has 5 nitrogen and oxygen atoms in total. The Morgan fingerprint density at radius 1 is 1.25 bits per heavy atom. The molecule has 20 heavy (non-hydrogen) atoms. The molecule has 0 bridgehead atoms. The van der Waals surface area contributed by atoms with Crippen LogP contribution in [-0.4, -0.2) is 54.1 Å². The molecule has 0 aliphatic carbocycles. The first-order valence-corrected chi connectivity index (χ1v) is 6.79. The second-order valence-electron chi connectivity index (χ2n) is 5.27. The Bertz CT molecular complexity index is 581. The molecule has 2 heterocycles. The summed E-state index contributed by atoms with van der Waals surface area (Å²) in [6.07, 6.45) is 0. The van der Waals surface area contributed by atoms with Gasteiger partial charge in [-0.3, -0.25) is 9.69 Å². The first-order valence-electron chi connectivity index (χ1n) is 6.79. The first kappa shape index (κ1) is 13.1. The highest BCUT2D eigenvalue weighted by Crippen LogP contribution is 2.28. The van der Waals surface area contributed by atoms with Crippen molar-refractivity contribution < 1.29 is 14.3 Å². The summed E-state index contributed by atoms with van der Waals surface area (Å²) >= 11 is 0. The molecule has 2 aromatic rings. The van der Waals surface area contributed by atoms with Gasteiger partial charge in [0.05, 0.1) is 0 Å². The summed E-state index contributed by atoms with van der Waals surface area (Å²) in [5, 5.41) is 10.5. The molecule has 1 aliphatic rings. The topological polar surface area (TPSA) is 56.9 Å². The van der Waals surface area contributed by atoms with E-state index in [0.717, 1.165) is 37.1 Å². The second-order valence-corrected chi connectivity index (χ2v) is 5.27. The van der Waals surface area contributed by atoms with Crippen LogP contribution in [0.2, 0.25) is 0 Å². The Morgan fingerprint density at radius 3 is 2.60 bits per heavy atom. The number of hydrogen-bond acceptors (Lipinski definition) is 4. The monoisotopic (exact) mass is 274 g/mol. The molecule has 1 saturated heterocycles. The number of aliphatic carboxylic acids is 1. The van der Waals surface area contributed by atoms with Gasteiger partial charge in [-0.1, -0.05) is 18.2 Å². The molecule has 0 saturated carbocycles. The minimum Gasteiger partial charge on any atom is -0.480 e. The van der Waals surface area contributed by atoms with E-state index in [1.807, 2.05) is 42.3 Å². The number of carboxylic acids is 1. The largest absolute Gasteiger partial charge is 0.480 e. The molecule has 0 radical (unpaired) electrons. The Labute approximate surface area is 117 Å². The fraction of sp³-hybridized carbons (Fsp3) is 0.400. The number of carboxylic acid groups (broad SMARTS) is 1. The van der Waals surface area contributed by atoms with Gasteiger partial charge in [0.2, 0.25) is 0 Å². The maximum atomic E-state index is 11.6. The molecule has 106 valence electrons. The van der Waals surface area contributed by atoms with Crippen LogP contribution >= 0.6 is 0 Å². The maximum Gasteiger partial charge on any atom is 0.328 e. The van der Waals surface area contributed by atoms with Crippen LogP contribution < -0.4 is 0 Å². The highest BCUT2D eigenvalue weighted by Gasteiger charge is 2.32. The zero-order valence-corrected chi connectivity index (χ0v) is 11.5. The fourth-order valence-corrected chi connectivity index (χ4v) is 2.68. The van der Waals surface area contributed by atoms with E-state index >= 15 is 0 Å². The van der Waals surface area contributed by atoms with E-state index < -0.39 is 12.0 Å². The minimum atomic E-state index is -0.853. The zero-order chi connectivity index (χ0) is 14.1. The van der Waals surface area contributed by atoms with Gasteiger partial charge in [0.15, 0.2) is 6.04 Å². The van der Waals surface area contributed by atoms with Crippen LogP contribution in [0.15, 0.2) is 34.7 Å². The third-order valence-corrected chi connectivity index (χ3v) is 3.85. The zero-order valence-electron chi connectivity index (χ0n) is 11.5. The van der Waals surface area contributed by atoms with Crippen LogP contribution in [0.3, 0.4) is 0 Å². The lowest BCUT2D eigenvalue weighted by Gasteiger charge is -2.35. The molecule has 1 unspecified atom stereocenters. The van der Waals surface area contributed by atoms with E-state index in [0.29, 0.717) is 5.76 Å². The number of piperazine rings is 1. The van der Waals surface area contributed by atoms with Crippen molar-refractivity contribution in [2.45, 2.75) is 6.04 Å². The lowest BCUT2D eigenvalue weighted by molar-refractivity contribution is -0.145.